The van der Waals surface area contributed by atoms with Crippen molar-refractivity contribution in [3.05, 3.63) is 58.1 Å². The van der Waals surface area contributed by atoms with Crippen LogP contribution in [0.1, 0.15) is 43.4 Å². The van der Waals surface area contributed by atoms with E-state index in [0.717, 1.165) is 22.4 Å². The molecule has 0 aliphatic rings. The van der Waals surface area contributed by atoms with Gasteiger partial charge < -0.3 is 10.2 Å². The predicted octanol–water partition coefficient (Wildman–Crippen LogP) is 5.07. The molecule has 0 spiro atoms. The molecule has 138 valence electrons. The molecule has 0 aromatic heterocycles. The van der Waals surface area contributed by atoms with E-state index in [9.17, 15) is 9.59 Å². The molecule has 0 saturated carbocycles. The maximum Gasteiger partial charge on any atom is 0.244 e. The smallest absolute Gasteiger partial charge is 0.244 e. The van der Waals surface area contributed by atoms with Gasteiger partial charge in [0.2, 0.25) is 11.8 Å². The number of para-hydroxylation sites is 1. The van der Waals surface area contributed by atoms with Gasteiger partial charge >= 0.3 is 0 Å². The van der Waals surface area contributed by atoms with Gasteiger partial charge in [0, 0.05) is 12.6 Å². The maximum atomic E-state index is 12.6. The van der Waals surface area contributed by atoms with E-state index < -0.39 is 0 Å². The molecule has 2 amide bonds. The lowest BCUT2D eigenvalue weighted by molar-refractivity contribution is -0.120. The summed E-state index contributed by atoms with van der Waals surface area (Å²) < 4.78 is 0. The van der Waals surface area contributed by atoms with Crippen LogP contribution < -0.4 is 10.2 Å². The number of aryl methyl sites for hydroxylation is 2. The van der Waals surface area contributed by atoms with Gasteiger partial charge in [-0.15, -0.1) is 0 Å². The molecule has 0 radical (unpaired) electrons. The maximum absolute atomic E-state index is 12.6. The van der Waals surface area contributed by atoms with Crippen LogP contribution in [0.2, 0.25) is 5.02 Å². The number of nitrogens with one attached hydrogen (secondary N) is 1. The number of nitrogens with zero attached hydrogens (tertiary/aromatic N) is 1. The Labute approximate surface area is 160 Å². The zero-order chi connectivity index (χ0) is 19.4. The second-order valence-corrected chi connectivity index (χ2v) is 7.21. The highest BCUT2D eigenvalue weighted by Crippen LogP contribution is 2.31. The first-order valence-corrected chi connectivity index (χ1v) is 9.02. The lowest BCUT2D eigenvalue weighted by atomic mass is 10.0. The van der Waals surface area contributed by atoms with Crippen molar-refractivity contribution in [2.24, 2.45) is 0 Å². The second-order valence-electron chi connectivity index (χ2n) is 6.81. The van der Waals surface area contributed by atoms with E-state index >= 15 is 0 Å². The standard InChI is InChI=1S/C21H25ClN2O2/c1-13(2)17-8-6-7-9-19(17)23-20(26)12-24(16(5)25)21-15(4)10-14(3)11-18(21)22/h6-11,13H,12H2,1-5H3,(H,23,26). The van der Waals surface area contributed by atoms with E-state index in [2.05, 4.69) is 19.2 Å². The normalized spacial score (nSPS) is 10.7. The Morgan fingerprint density at radius 1 is 1.15 bits per heavy atom. The van der Waals surface area contributed by atoms with E-state index in [-0.39, 0.29) is 24.3 Å². The molecule has 0 heterocycles. The van der Waals surface area contributed by atoms with Crippen molar-refractivity contribution < 1.29 is 9.59 Å². The highest BCUT2D eigenvalue weighted by atomic mass is 35.5. The highest BCUT2D eigenvalue weighted by Gasteiger charge is 2.21. The zero-order valence-electron chi connectivity index (χ0n) is 15.9. The van der Waals surface area contributed by atoms with Gasteiger partial charge in [0.25, 0.3) is 0 Å². The average Bonchev–Trinajstić information content (AvgIpc) is 2.53. The minimum atomic E-state index is -0.260. The zero-order valence-corrected chi connectivity index (χ0v) is 16.6. The van der Waals surface area contributed by atoms with Crippen LogP contribution in [0.4, 0.5) is 11.4 Å². The first kappa shape index (κ1) is 20.0. The summed E-state index contributed by atoms with van der Waals surface area (Å²) in [5, 5.41) is 3.39. The van der Waals surface area contributed by atoms with Crippen molar-refractivity contribution in [3.8, 4) is 0 Å². The van der Waals surface area contributed by atoms with Crippen molar-refractivity contribution in [1.29, 1.82) is 0 Å². The molecule has 0 aliphatic carbocycles. The van der Waals surface area contributed by atoms with Crippen molar-refractivity contribution in [2.45, 2.75) is 40.5 Å². The number of rotatable bonds is 5. The van der Waals surface area contributed by atoms with Gasteiger partial charge in [-0.1, -0.05) is 49.7 Å². The van der Waals surface area contributed by atoms with Gasteiger partial charge in [-0.2, -0.15) is 0 Å². The van der Waals surface area contributed by atoms with Crippen LogP contribution in [-0.2, 0) is 9.59 Å². The fourth-order valence-corrected chi connectivity index (χ4v) is 3.47. The van der Waals surface area contributed by atoms with Gasteiger partial charge in [-0.05, 0) is 48.6 Å². The number of amides is 2. The molecule has 0 saturated heterocycles. The van der Waals surface area contributed by atoms with Gasteiger partial charge in [-0.3, -0.25) is 9.59 Å². The third-order valence-electron chi connectivity index (χ3n) is 4.21. The SMILES string of the molecule is CC(=O)N(CC(=O)Nc1ccccc1C(C)C)c1c(C)cc(C)cc1Cl. The molecule has 26 heavy (non-hydrogen) atoms. The Bertz CT molecular complexity index is 808. The van der Waals surface area contributed by atoms with Gasteiger partial charge in [0.05, 0.1) is 10.7 Å². The highest BCUT2D eigenvalue weighted by molar-refractivity contribution is 6.34. The summed E-state index contributed by atoms with van der Waals surface area (Å²) in [4.78, 5) is 26.2. The molecule has 0 fully saturated rings. The minimum Gasteiger partial charge on any atom is -0.324 e. The van der Waals surface area contributed by atoms with Gasteiger partial charge in [0.1, 0.15) is 6.54 Å². The lowest BCUT2D eigenvalue weighted by Crippen LogP contribution is -2.37. The van der Waals surface area contributed by atoms with E-state index in [4.69, 9.17) is 11.6 Å². The first-order chi connectivity index (χ1) is 12.2. The van der Waals surface area contributed by atoms with E-state index in [1.165, 1.54) is 11.8 Å². The monoisotopic (exact) mass is 372 g/mol. The van der Waals surface area contributed by atoms with Crippen molar-refractivity contribution in [3.63, 3.8) is 0 Å². The molecule has 2 aromatic rings. The third-order valence-corrected chi connectivity index (χ3v) is 4.50. The molecule has 2 aromatic carbocycles. The Morgan fingerprint density at radius 3 is 2.38 bits per heavy atom. The minimum absolute atomic E-state index is 0.0919. The van der Waals surface area contributed by atoms with Crippen LogP contribution in [0, 0.1) is 13.8 Å². The number of hydrogen-bond donors (Lipinski definition) is 1. The van der Waals surface area contributed by atoms with Crippen molar-refractivity contribution in [2.75, 3.05) is 16.8 Å². The quantitative estimate of drug-likeness (QED) is 0.796. The molecule has 5 heteroatoms. The largest absolute Gasteiger partial charge is 0.324 e. The summed E-state index contributed by atoms with van der Waals surface area (Å²) in [6, 6.07) is 11.4. The van der Waals surface area contributed by atoms with E-state index in [0.29, 0.717) is 10.7 Å². The Kier molecular flexibility index (Phi) is 6.43. The summed E-state index contributed by atoms with van der Waals surface area (Å²) in [6.07, 6.45) is 0. The Balaban J connectivity index is 2.27. The number of halogens is 1. The number of hydrogen-bond acceptors (Lipinski definition) is 2. The van der Waals surface area contributed by atoms with Gasteiger partial charge in [0.15, 0.2) is 0 Å². The molecule has 4 nitrogen and oxygen atoms in total. The average molecular weight is 373 g/mol. The molecule has 0 bridgehead atoms. The summed E-state index contributed by atoms with van der Waals surface area (Å²) in [5.74, 6) is -0.209. The van der Waals surface area contributed by atoms with Crippen LogP contribution in [-0.4, -0.2) is 18.4 Å². The summed E-state index contributed by atoms with van der Waals surface area (Å²) in [5.41, 5.74) is 4.27. The van der Waals surface area contributed by atoms with Crippen molar-refractivity contribution in [1.82, 2.24) is 0 Å². The fraction of sp³-hybridized carbons (Fsp3) is 0.333. The second kappa shape index (κ2) is 8.37. The Morgan fingerprint density at radius 2 is 1.81 bits per heavy atom. The molecule has 0 aliphatic heterocycles. The predicted molar refractivity (Wildman–Crippen MR) is 108 cm³/mol. The molecule has 0 unspecified atom stereocenters. The molecular weight excluding hydrogens is 348 g/mol. The van der Waals surface area contributed by atoms with E-state index in [1.54, 1.807) is 6.07 Å². The number of benzene rings is 2. The van der Waals surface area contributed by atoms with Crippen LogP contribution in [0.3, 0.4) is 0 Å². The summed E-state index contributed by atoms with van der Waals surface area (Å²) >= 11 is 6.36. The van der Waals surface area contributed by atoms with Gasteiger partial charge in [-0.25, -0.2) is 0 Å². The number of carbonyl (C=O) groups excluding carboxylic acids is 2. The third kappa shape index (κ3) is 4.64. The molecular formula is C21H25ClN2O2. The fourth-order valence-electron chi connectivity index (χ4n) is 3.05. The Hall–Kier alpha value is -2.33. The van der Waals surface area contributed by atoms with Crippen molar-refractivity contribution >= 4 is 34.8 Å². The van der Waals surface area contributed by atoms with Crippen LogP contribution >= 0.6 is 11.6 Å². The number of anilines is 2. The van der Waals surface area contributed by atoms with Crippen LogP contribution in [0.25, 0.3) is 0 Å². The van der Waals surface area contributed by atoms with E-state index in [1.807, 2.05) is 44.2 Å². The summed E-state index contributed by atoms with van der Waals surface area (Å²) in [6.45, 7) is 9.31. The molecule has 1 N–H and O–H groups in total. The molecule has 2 rings (SSSR count). The topological polar surface area (TPSA) is 49.4 Å². The lowest BCUT2D eigenvalue weighted by Gasteiger charge is -2.24. The van der Waals surface area contributed by atoms with Crippen LogP contribution in [0.5, 0.6) is 0 Å². The van der Waals surface area contributed by atoms with Crippen LogP contribution in [0.15, 0.2) is 36.4 Å². The number of carbonyl (C=O) groups is 2. The summed E-state index contributed by atoms with van der Waals surface area (Å²) in [7, 11) is 0. The first-order valence-electron chi connectivity index (χ1n) is 8.64. The molecule has 0 atom stereocenters.